The number of aromatic nitrogens is 6. The maximum Gasteiger partial charge on any atom is 0.269 e. The number of rotatable bonds is 12. The van der Waals surface area contributed by atoms with Gasteiger partial charge in [0.1, 0.15) is 12.0 Å². The second kappa shape index (κ2) is 11.7. The first-order valence-corrected chi connectivity index (χ1v) is 16.5. The summed E-state index contributed by atoms with van der Waals surface area (Å²) in [5, 5.41) is 7.37. The fourth-order valence-corrected chi connectivity index (χ4v) is 6.36. The van der Waals surface area contributed by atoms with E-state index in [0.717, 1.165) is 40.1 Å². The summed E-state index contributed by atoms with van der Waals surface area (Å²) in [5.41, 5.74) is -1.54. The van der Waals surface area contributed by atoms with E-state index >= 15 is 0 Å². The Kier molecular flexibility index (Phi) is 8.36. The first-order valence-electron chi connectivity index (χ1n) is 13.1. The third-order valence-electron chi connectivity index (χ3n) is 7.01. The summed E-state index contributed by atoms with van der Waals surface area (Å²) in [5.74, 6) is 0.475. The molecule has 2 fully saturated rings. The highest BCUT2D eigenvalue weighted by Crippen LogP contribution is 2.37. The molecule has 14 nitrogen and oxygen atoms in total. The van der Waals surface area contributed by atoms with Crippen LogP contribution in [0.4, 0.5) is 14.7 Å². The zero-order chi connectivity index (χ0) is 29.4. The van der Waals surface area contributed by atoms with E-state index in [-0.39, 0.29) is 54.5 Å². The van der Waals surface area contributed by atoms with Gasteiger partial charge in [-0.1, -0.05) is 0 Å². The van der Waals surface area contributed by atoms with Crippen molar-refractivity contribution < 1.29 is 30.4 Å². The lowest BCUT2D eigenvalue weighted by atomic mass is 10.1. The van der Waals surface area contributed by atoms with Crippen molar-refractivity contribution in [2.24, 2.45) is 0 Å². The van der Waals surface area contributed by atoms with Gasteiger partial charge in [0.15, 0.2) is 5.82 Å². The number of hydrogen-bond donors (Lipinski definition) is 1. The van der Waals surface area contributed by atoms with Gasteiger partial charge >= 0.3 is 0 Å². The molecule has 1 N–H and O–H groups in total. The van der Waals surface area contributed by atoms with Gasteiger partial charge in [-0.3, -0.25) is 9.36 Å². The number of alkyl halides is 2. The third kappa shape index (κ3) is 6.87. The Labute approximate surface area is 234 Å². The van der Waals surface area contributed by atoms with Crippen LogP contribution < -0.4 is 10.9 Å². The maximum atomic E-state index is 13.6. The van der Waals surface area contributed by atoms with E-state index in [0.29, 0.717) is 31.8 Å². The summed E-state index contributed by atoms with van der Waals surface area (Å²) in [6.07, 6.45) is 3.51. The molecular weight excluding hydrogens is 586 g/mol. The highest BCUT2D eigenvalue weighted by molar-refractivity contribution is 7.89. The van der Waals surface area contributed by atoms with Gasteiger partial charge in [0.2, 0.25) is 16.0 Å². The summed E-state index contributed by atoms with van der Waals surface area (Å²) in [4.78, 5) is 25.5. The van der Waals surface area contributed by atoms with Gasteiger partial charge in [0.25, 0.3) is 22.0 Å². The molecule has 0 spiro atoms. The smallest absolute Gasteiger partial charge is 0.269 e. The molecule has 4 heterocycles. The van der Waals surface area contributed by atoms with E-state index in [4.69, 9.17) is 4.74 Å². The van der Waals surface area contributed by atoms with Gasteiger partial charge in [-0.05, 0) is 31.7 Å². The second-order valence-corrected chi connectivity index (χ2v) is 14.0. The Morgan fingerprint density at radius 1 is 1.10 bits per heavy atom. The van der Waals surface area contributed by atoms with E-state index < -0.39 is 37.6 Å². The fraction of sp³-hybridized carbons (Fsp3) is 0.609. The normalized spacial score (nSPS) is 17.5. The van der Waals surface area contributed by atoms with E-state index in [2.05, 4.69) is 25.4 Å². The van der Waals surface area contributed by atoms with Crippen LogP contribution in [0.2, 0.25) is 0 Å². The van der Waals surface area contributed by atoms with Crippen LogP contribution >= 0.6 is 0 Å². The minimum atomic E-state index is -3.80. The van der Waals surface area contributed by atoms with Crippen LogP contribution in [-0.2, 0) is 31.3 Å². The van der Waals surface area contributed by atoms with Gasteiger partial charge in [-0.15, -0.1) is 9.19 Å². The van der Waals surface area contributed by atoms with E-state index in [1.165, 1.54) is 10.5 Å². The van der Waals surface area contributed by atoms with Crippen LogP contribution in [0.1, 0.15) is 49.4 Å². The lowest BCUT2D eigenvalue weighted by molar-refractivity contribution is 0.137. The standard InChI is InChI=1S/C23H30F2N8O6S2/c1-40(35,36)31-6-4-17(5-7-31)28-23-26-13-16-12-18(19(24)25)22(34)32(21(16)29-23)8-9-39-10-11-41(37,38)33-14-27-20(30-33)15-2-3-15/h12-15,17,19H,2-11H2,1H3,(H,26,28,29). The molecule has 3 aromatic rings. The number of hydrogen-bond acceptors (Lipinski definition) is 11. The largest absolute Gasteiger partial charge is 0.378 e. The van der Waals surface area contributed by atoms with Crippen molar-refractivity contribution in [3.8, 4) is 0 Å². The van der Waals surface area contributed by atoms with Crippen LogP contribution in [0.5, 0.6) is 0 Å². The molecule has 41 heavy (non-hydrogen) atoms. The van der Waals surface area contributed by atoms with Crippen molar-refractivity contribution in [3.63, 3.8) is 0 Å². The van der Waals surface area contributed by atoms with Crippen LogP contribution in [-0.4, -0.2) is 94.2 Å². The molecule has 5 rings (SSSR count). The molecule has 1 saturated heterocycles. The zero-order valence-electron chi connectivity index (χ0n) is 22.2. The van der Waals surface area contributed by atoms with Crippen molar-refractivity contribution in [3.05, 3.63) is 40.3 Å². The third-order valence-corrected chi connectivity index (χ3v) is 9.74. The molecule has 1 aliphatic heterocycles. The minimum absolute atomic E-state index is 0.108. The summed E-state index contributed by atoms with van der Waals surface area (Å²) in [7, 11) is -7.08. The highest BCUT2D eigenvalue weighted by atomic mass is 32.2. The van der Waals surface area contributed by atoms with Crippen molar-refractivity contribution in [1.29, 1.82) is 0 Å². The molecular formula is C23H30F2N8O6S2. The Balaban J connectivity index is 1.25. The average molecular weight is 617 g/mol. The quantitative estimate of drug-likeness (QED) is 0.287. The van der Waals surface area contributed by atoms with Gasteiger partial charge in [0, 0.05) is 36.6 Å². The topological polar surface area (TPSA) is 171 Å². The van der Waals surface area contributed by atoms with Crippen LogP contribution in [0.15, 0.2) is 23.4 Å². The number of halogens is 2. The van der Waals surface area contributed by atoms with Crippen molar-refractivity contribution in [2.45, 2.75) is 50.6 Å². The number of fused-ring (bicyclic) bond motifs is 1. The maximum absolute atomic E-state index is 13.6. The Bertz CT molecular complexity index is 1680. The van der Waals surface area contributed by atoms with E-state index in [1.54, 1.807) is 0 Å². The minimum Gasteiger partial charge on any atom is -0.378 e. The summed E-state index contributed by atoms with van der Waals surface area (Å²) in [6, 6.07) is 0.927. The SMILES string of the molecule is CS(=O)(=O)N1CCC(Nc2ncc3cc(C(F)F)c(=O)n(CCOCCS(=O)(=O)n4cnc(C5CC5)n4)c3n2)CC1. The number of piperidine rings is 1. The Morgan fingerprint density at radius 3 is 2.49 bits per heavy atom. The van der Waals surface area contributed by atoms with Gasteiger partial charge in [-0.25, -0.2) is 39.9 Å². The highest BCUT2D eigenvalue weighted by Gasteiger charge is 2.29. The summed E-state index contributed by atoms with van der Waals surface area (Å²) < 4.78 is 84.5. The van der Waals surface area contributed by atoms with Gasteiger partial charge < -0.3 is 10.1 Å². The molecule has 1 aliphatic carbocycles. The van der Waals surface area contributed by atoms with E-state index in [9.17, 15) is 30.4 Å². The number of sulfonamides is 1. The molecule has 3 aromatic heterocycles. The fourth-order valence-electron chi connectivity index (χ4n) is 4.57. The molecule has 1 saturated carbocycles. The van der Waals surface area contributed by atoms with Gasteiger partial charge in [0.05, 0.1) is 37.3 Å². The number of pyridine rings is 1. The lowest BCUT2D eigenvalue weighted by Gasteiger charge is -2.30. The number of ether oxygens (including phenoxy) is 1. The molecule has 0 radical (unpaired) electrons. The van der Waals surface area contributed by atoms with E-state index in [1.807, 2.05) is 0 Å². The molecule has 0 amide bonds. The van der Waals surface area contributed by atoms with Crippen LogP contribution in [0.25, 0.3) is 11.0 Å². The summed E-state index contributed by atoms with van der Waals surface area (Å²) in [6.45, 7) is 0.152. The first-order chi connectivity index (χ1) is 19.4. The average Bonchev–Trinajstić information content (AvgIpc) is 3.64. The van der Waals surface area contributed by atoms with Crippen LogP contribution in [0, 0.1) is 0 Å². The molecule has 2 aliphatic rings. The van der Waals surface area contributed by atoms with Crippen molar-refractivity contribution in [1.82, 2.24) is 33.0 Å². The van der Waals surface area contributed by atoms with Crippen molar-refractivity contribution >= 4 is 37.0 Å². The predicted molar refractivity (Wildman–Crippen MR) is 144 cm³/mol. The second-order valence-electron chi connectivity index (χ2n) is 10.1. The molecule has 18 heteroatoms. The zero-order valence-corrected chi connectivity index (χ0v) is 23.8. The first kappa shape index (κ1) is 29.4. The summed E-state index contributed by atoms with van der Waals surface area (Å²) >= 11 is 0. The molecule has 0 aromatic carbocycles. The Hall–Kier alpha value is -3.09. The van der Waals surface area contributed by atoms with Crippen molar-refractivity contribution in [2.75, 3.05) is 43.6 Å². The number of anilines is 1. The molecule has 0 bridgehead atoms. The monoisotopic (exact) mass is 616 g/mol. The predicted octanol–water partition coefficient (Wildman–Crippen LogP) is 0.929. The molecule has 224 valence electrons. The number of nitrogens with one attached hydrogen (secondary N) is 1. The molecule has 0 atom stereocenters. The molecule has 0 unspecified atom stereocenters. The number of nitrogens with zero attached hydrogens (tertiary/aromatic N) is 7. The lowest BCUT2D eigenvalue weighted by Crippen LogP contribution is -2.42. The Morgan fingerprint density at radius 2 is 1.83 bits per heavy atom. The van der Waals surface area contributed by atoms with Crippen LogP contribution in [0.3, 0.4) is 0 Å². The van der Waals surface area contributed by atoms with Gasteiger partial charge in [-0.2, -0.15) is 4.98 Å².